The molecule has 2 aliphatic rings. The summed E-state index contributed by atoms with van der Waals surface area (Å²) in [5.74, 6) is 0.294. The van der Waals surface area contributed by atoms with Crippen LogP contribution in [0.5, 0.6) is 0 Å². The molecule has 2 N–H and O–H groups in total. The number of carbonyl (C=O) groups is 2. The first-order valence-electron chi connectivity index (χ1n) is 10.7. The summed E-state index contributed by atoms with van der Waals surface area (Å²) < 4.78 is 6.08. The second-order valence-electron chi connectivity index (χ2n) is 8.66. The number of hydrogen-bond acceptors (Lipinski definition) is 4. The van der Waals surface area contributed by atoms with Crippen LogP contribution in [0, 0.1) is 17.8 Å². The molecule has 6 heteroatoms. The minimum Gasteiger partial charge on any atom is -0.396 e. The maximum atomic E-state index is 13.2. The van der Waals surface area contributed by atoms with Crippen LogP contribution in [0.2, 0.25) is 0 Å². The van der Waals surface area contributed by atoms with Crippen molar-refractivity contribution in [3.63, 3.8) is 0 Å². The average Bonchev–Trinajstić information content (AvgIpc) is 2.70. The summed E-state index contributed by atoms with van der Waals surface area (Å²) in [6.45, 7) is 7.53. The van der Waals surface area contributed by atoms with E-state index in [0.29, 0.717) is 25.6 Å². The largest absolute Gasteiger partial charge is 0.396 e. The highest BCUT2D eigenvalue weighted by atomic mass is 16.5. The number of amides is 2. The molecule has 2 rings (SSSR count). The number of piperidine rings is 1. The lowest BCUT2D eigenvalue weighted by Gasteiger charge is -2.36. The summed E-state index contributed by atoms with van der Waals surface area (Å²) in [7, 11) is 0. The van der Waals surface area contributed by atoms with Crippen LogP contribution in [0.15, 0.2) is 0 Å². The summed E-state index contributed by atoms with van der Waals surface area (Å²) >= 11 is 0. The number of nitrogens with zero attached hydrogens (tertiary/aromatic N) is 1. The lowest BCUT2D eigenvalue weighted by atomic mass is 9.90. The third kappa shape index (κ3) is 6.75. The molecule has 27 heavy (non-hydrogen) atoms. The van der Waals surface area contributed by atoms with Crippen LogP contribution in [0.1, 0.15) is 65.7 Å². The van der Waals surface area contributed by atoms with Crippen molar-refractivity contribution in [3.05, 3.63) is 0 Å². The molecule has 0 aromatic rings. The SMILES string of the molecule is CC(C)C(=O)NC(C(=O)N1CCCC(CO)C1)C(C)OCC1CCCCC1. The van der Waals surface area contributed by atoms with Crippen molar-refractivity contribution in [1.82, 2.24) is 10.2 Å². The molecule has 156 valence electrons. The number of aliphatic hydroxyl groups excluding tert-OH is 1. The van der Waals surface area contributed by atoms with Gasteiger partial charge in [-0.25, -0.2) is 0 Å². The van der Waals surface area contributed by atoms with Crippen LogP contribution in [-0.4, -0.2) is 60.3 Å². The van der Waals surface area contributed by atoms with Gasteiger partial charge in [-0.2, -0.15) is 0 Å². The van der Waals surface area contributed by atoms with Crippen LogP contribution in [0.25, 0.3) is 0 Å². The standard InChI is InChI=1S/C21H38N2O4/c1-15(2)20(25)22-19(16(3)27-14-17-8-5-4-6-9-17)21(26)23-11-7-10-18(12-23)13-24/h15-19,24H,4-14H2,1-3H3,(H,22,25). The Morgan fingerprint density at radius 2 is 1.74 bits per heavy atom. The summed E-state index contributed by atoms with van der Waals surface area (Å²) in [4.78, 5) is 27.2. The zero-order valence-corrected chi connectivity index (χ0v) is 17.3. The van der Waals surface area contributed by atoms with E-state index < -0.39 is 6.04 Å². The van der Waals surface area contributed by atoms with Gasteiger partial charge in [-0.15, -0.1) is 0 Å². The molecular weight excluding hydrogens is 344 g/mol. The molecule has 0 aromatic carbocycles. The maximum absolute atomic E-state index is 13.2. The van der Waals surface area contributed by atoms with Crippen molar-refractivity contribution in [1.29, 1.82) is 0 Å². The molecule has 6 nitrogen and oxygen atoms in total. The van der Waals surface area contributed by atoms with Crippen LogP contribution in [-0.2, 0) is 14.3 Å². The van der Waals surface area contributed by atoms with E-state index in [0.717, 1.165) is 12.8 Å². The maximum Gasteiger partial charge on any atom is 0.247 e. The van der Waals surface area contributed by atoms with Crippen molar-refractivity contribution in [2.45, 2.75) is 77.9 Å². The fourth-order valence-corrected chi connectivity index (χ4v) is 4.05. The van der Waals surface area contributed by atoms with Crippen molar-refractivity contribution in [3.8, 4) is 0 Å². The summed E-state index contributed by atoms with van der Waals surface area (Å²) in [5.41, 5.74) is 0. The molecule has 1 aliphatic carbocycles. The smallest absolute Gasteiger partial charge is 0.247 e. The number of ether oxygens (including phenoxy) is 1. The third-order valence-corrected chi connectivity index (χ3v) is 5.97. The zero-order valence-electron chi connectivity index (χ0n) is 17.3. The quantitative estimate of drug-likeness (QED) is 0.675. The molecule has 1 aliphatic heterocycles. The summed E-state index contributed by atoms with van der Waals surface area (Å²) in [6.07, 6.45) is 7.66. The van der Waals surface area contributed by atoms with Gasteiger partial charge in [0.15, 0.2) is 0 Å². The van der Waals surface area contributed by atoms with Gasteiger partial charge < -0.3 is 20.1 Å². The van der Waals surface area contributed by atoms with Crippen LogP contribution in [0.4, 0.5) is 0 Å². The topological polar surface area (TPSA) is 78.9 Å². The zero-order chi connectivity index (χ0) is 19.8. The van der Waals surface area contributed by atoms with Crippen molar-refractivity contribution in [2.24, 2.45) is 17.8 Å². The first-order chi connectivity index (χ1) is 12.9. The van der Waals surface area contributed by atoms with Crippen molar-refractivity contribution >= 4 is 11.8 Å². The molecule has 0 bridgehead atoms. The molecule has 0 radical (unpaired) electrons. The Morgan fingerprint density at radius 1 is 1.07 bits per heavy atom. The Morgan fingerprint density at radius 3 is 2.37 bits per heavy atom. The molecule has 1 heterocycles. The van der Waals surface area contributed by atoms with Crippen LogP contribution in [0.3, 0.4) is 0 Å². The lowest BCUT2D eigenvalue weighted by molar-refractivity contribution is -0.143. The fraction of sp³-hybridized carbons (Fsp3) is 0.905. The lowest BCUT2D eigenvalue weighted by Crippen LogP contribution is -2.57. The van der Waals surface area contributed by atoms with Crippen LogP contribution >= 0.6 is 0 Å². The Kier molecular flexibility index (Phi) is 9.03. The van der Waals surface area contributed by atoms with Gasteiger partial charge in [0.1, 0.15) is 6.04 Å². The van der Waals surface area contributed by atoms with Crippen molar-refractivity contribution in [2.75, 3.05) is 26.3 Å². The Labute approximate surface area is 164 Å². The van der Waals surface area contributed by atoms with E-state index in [-0.39, 0.29) is 36.4 Å². The minimum absolute atomic E-state index is 0.0849. The molecule has 1 saturated carbocycles. The van der Waals surface area contributed by atoms with Gasteiger partial charge in [-0.1, -0.05) is 33.1 Å². The predicted molar refractivity (Wildman–Crippen MR) is 105 cm³/mol. The van der Waals surface area contributed by atoms with E-state index in [2.05, 4.69) is 5.32 Å². The highest BCUT2D eigenvalue weighted by Gasteiger charge is 2.34. The van der Waals surface area contributed by atoms with E-state index in [1.165, 1.54) is 32.1 Å². The molecule has 3 unspecified atom stereocenters. The molecule has 0 spiro atoms. The van der Waals surface area contributed by atoms with E-state index in [1.54, 1.807) is 4.90 Å². The molecule has 1 saturated heterocycles. The first kappa shape index (κ1) is 22.2. The number of likely N-dealkylation sites (tertiary alicyclic amines) is 1. The predicted octanol–water partition coefficient (Wildman–Crippen LogP) is 2.34. The molecule has 3 atom stereocenters. The third-order valence-electron chi connectivity index (χ3n) is 5.97. The Bertz CT molecular complexity index is 477. The van der Waals surface area contributed by atoms with Gasteiger partial charge in [0.25, 0.3) is 0 Å². The second kappa shape index (κ2) is 11.0. The van der Waals surface area contributed by atoms with Crippen molar-refractivity contribution < 1.29 is 19.4 Å². The number of hydrogen-bond donors (Lipinski definition) is 2. The molecule has 2 amide bonds. The number of rotatable bonds is 8. The highest BCUT2D eigenvalue weighted by Crippen LogP contribution is 2.24. The van der Waals surface area contributed by atoms with Gasteiger partial charge >= 0.3 is 0 Å². The van der Waals surface area contributed by atoms with E-state index in [9.17, 15) is 14.7 Å². The van der Waals surface area contributed by atoms with E-state index >= 15 is 0 Å². The van der Waals surface area contributed by atoms with Gasteiger partial charge in [0, 0.05) is 32.2 Å². The highest BCUT2D eigenvalue weighted by molar-refractivity contribution is 5.88. The fourth-order valence-electron chi connectivity index (χ4n) is 4.05. The minimum atomic E-state index is -0.666. The Balaban J connectivity index is 1.99. The second-order valence-corrected chi connectivity index (χ2v) is 8.66. The number of carbonyl (C=O) groups excluding carboxylic acids is 2. The summed E-state index contributed by atoms with van der Waals surface area (Å²) in [5, 5.41) is 12.4. The number of nitrogens with one attached hydrogen (secondary N) is 1. The van der Waals surface area contributed by atoms with Gasteiger partial charge in [-0.3, -0.25) is 9.59 Å². The first-order valence-corrected chi connectivity index (χ1v) is 10.7. The van der Waals surface area contributed by atoms with Gasteiger partial charge in [0.05, 0.1) is 6.10 Å². The van der Waals surface area contributed by atoms with Crippen LogP contribution < -0.4 is 5.32 Å². The molecule has 2 fully saturated rings. The van der Waals surface area contributed by atoms with E-state index in [4.69, 9.17) is 4.74 Å². The average molecular weight is 383 g/mol. The van der Waals surface area contributed by atoms with E-state index in [1.807, 2.05) is 20.8 Å². The van der Waals surface area contributed by atoms with Gasteiger partial charge in [-0.05, 0) is 44.4 Å². The summed E-state index contributed by atoms with van der Waals surface area (Å²) in [6, 6.07) is -0.666. The number of aliphatic hydroxyl groups is 1. The molecule has 0 aromatic heterocycles. The molecular formula is C21H38N2O4. The Hall–Kier alpha value is -1.14. The van der Waals surface area contributed by atoms with Gasteiger partial charge in [0.2, 0.25) is 11.8 Å². The monoisotopic (exact) mass is 382 g/mol. The normalized spacial score (nSPS) is 23.9.